The lowest BCUT2D eigenvalue weighted by Crippen LogP contribution is -2.12. The molecule has 90 valence electrons. The van der Waals surface area contributed by atoms with Gasteiger partial charge in [-0.3, -0.25) is 0 Å². The second-order valence-corrected chi connectivity index (χ2v) is 3.72. The average Bonchev–Trinajstić information content (AvgIpc) is 2.20. The Kier molecular flexibility index (Phi) is 4.68. The Morgan fingerprint density at radius 2 is 1.81 bits per heavy atom. The summed E-state index contributed by atoms with van der Waals surface area (Å²) < 4.78 is 28.8. The second-order valence-electron chi connectivity index (χ2n) is 3.72. The maximum atomic E-state index is 12.1. The number of alkyl halides is 2. The van der Waals surface area contributed by atoms with Gasteiger partial charge in [0.05, 0.1) is 0 Å². The normalized spacial score (nSPS) is 10.9. The van der Waals surface area contributed by atoms with E-state index in [9.17, 15) is 8.78 Å². The summed E-state index contributed by atoms with van der Waals surface area (Å²) in [5.74, 6) is 0.287. The van der Waals surface area contributed by atoms with Gasteiger partial charge in [0.2, 0.25) is 0 Å². The first kappa shape index (κ1) is 12.9. The van der Waals surface area contributed by atoms with Crippen molar-refractivity contribution in [3.05, 3.63) is 28.8 Å². The lowest BCUT2D eigenvalue weighted by molar-refractivity contribution is -0.0507. The lowest BCUT2D eigenvalue weighted by Gasteiger charge is -2.13. The SMILES string of the molecule is CCNCc1cc(C)c(OC(F)F)c(C)c1. The quantitative estimate of drug-likeness (QED) is 0.838. The molecular weight excluding hydrogens is 212 g/mol. The van der Waals surface area contributed by atoms with Gasteiger partial charge in [0.25, 0.3) is 0 Å². The fraction of sp³-hybridized carbons (Fsp3) is 0.500. The molecule has 0 bridgehead atoms. The smallest absolute Gasteiger partial charge is 0.387 e. The van der Waals surface area contributed by atoms with Crippen LogP contribution in [0.15, 0.2) is 12.1 Å². The monoisotopic (exact) mass is 229 g/mol. The summed E-state index contributed by atoms with van der Waals surface area (Å²) in [5, 5.41) is 3.19. The van der Waals surface area contributed by atoms with Gasteiger partial charge in [-0.2, -0.15) is 8.78 Å². The fourth-order valence-corrected chi connectivity index (χ4v) is 1.69. The van der Waals surface area contributed by atoms with E-state index in [0.717, 1.165) is 29.8 Å². The van der Waals surface area contributed by atoms with E-state index in [1.807, 2.05) is 19.1 Å². The minimum Gasteiger partial charge on any atom is -0.434 e. The molecule has 0 aliphatic heterocycles. The highest BCUT2D eigenvalue weighted by molar-refractivity contribution is 5.43. The number of nitrogens with one attached hydrogen (secondary N) is 1. The number of aryl methyl sites for hydroxylation is 2. The number of rotatable bonds is 5. The fourth-order valence-electron chi connectivity index (χ4n) is 1.69. The largest absolute Gasteiger partial charge is 0.434 e. The zero-order valence-corrected chi connectivity index (χ0v) is 9.81. The van der Waals surface area contributed by atoms with E-state index < -0.39 is 6.61 Å². The molecule has 1 rings (SSSR count). The van der Waals surface area contributed by atoms with Crippen LogP contribution in [0.3, 0.4) is 0 Å². The Bertz CT molecular complexity index is 330. The molecule has 2 nitrogen and oxygen atoms in total. The van der Waals surface area contributed by atoms with Crippen molar-refractivity contribution in [3.8, 4) is 5.75 Å². The molecule has 0 saturated heterocycles. The number of benzene rings is 1. The van der Waals surface area contributed by atoms with Crippen LogP contribution in [0, 0.1) is 13.8 Å². The molecule has 0 aliphatic carbocycles. The van der Waals surface area contributed by atoms with Crippen LogP contribution in [0.5, 0.6) is 5.75 Å². The summed E-state index contributed by atoms with van der Waals surface area (Å²) in [6.07, 6.45) is 0. The predicted molar refractivity (Wildman–Crippen MR) is 59.9 cm³/mol. The molecule has 0 radical (unpaired) electrons. The molecule has 0 heterocycles. The molecule has 4 heteroatoms. The minimum absolute atomic E-state index is 0.287. The Labute approximate surface area is 94.6 Å². The van der Waals surface area contributed by atoms with Gasteiger partial charge < -0.3 is 10.1 Å². The second kappa shape index (κ2) is 5.80. The molecule has 1 aromatic carbocycles. The van der Waals surface area contributed by atoms with Crippen LogP contribution >= 0.6 is 0 Å². The number of ether oxygens (including phenoxy) is 1. The minimum atomic E-state index is -2.77. The Hall–Kier alpha value is -1.16. The molecule has 16 heavy (non-hydrogen) atoms. The lowest BCUT2D eigenvalue weighted by atomic mass is 10.1. The van der Waals surface area contributed by atoms with Crippen LogP contribution in [-0.4, -0.2) is 13.2 Å². The van der Waals surface area contributed by atoms with E-state index in [1.165, 1.54) is 0 Å². The van der Waals surface area contributed by atoms with Gasteiger partial charge in [0.15, 0.2) is 0 Å². The van der Waals surface area contributed by atoms with Gasteiger partial charge in [-0.25, -0.2) is 0 Å². The summed E-state index contributed by atoms with van der Waals surface area (Å²) in [6.45, 7) is 4.44. The van der Waals surface area contributed by atoms with Crippen molar-refractivity contribution in [2.75, 3.05) is 6.54 Å². The van der Waals surface area contributed by atoms with Crippen LogP contribution in [0.25, 0.3) is 0 Å². The molecule has 0 amide bonds. The summed E-state index contributed by atoms with van der Waals surface area (Å²) in [5.41, 5.74) is 2.57. The van der Waals surface area contributed by atoms with Crippen molar-refractivity contribution in [1.82, 2.24) is 5.32 Å². The molecule has 1 aromatic rings. The molecular formula is C12H17F2NO. The third kappa shape index (κ3) is 3.45. The maximum Gasteiger partial charge on any atom is 0.387 e. The van der Waals surface area contributed by atoms with Crippen molar-refractivity contribution >= 4 is 0 Å². The van der Waals surface area contributed by atoms with Crippen LogP contribution in [0.1, 0.15) is 23.6 Å². The maximum absolute atomic E-state index is 12.1. The topological polar surface area (TPSA) is 21.3 Å². The van der Waals surface area contributed by atoms with Crippen LogP contribution < -0.4 is 10.1 Å². The molecule has 0 unspecified atom stereocenters. The van der Waals surface area contributed by atoms with E-state index in [0.29, 0.717) is 0 Å². The van der Waals surface area contributed by atoms with E-state index in [2.05, 4.69) is 10.1 Å². The number of hydrogen-bond acceptors (Lipinski definition) is 2. The Morgan fingerprint density at radius 3 is 2.25 bits per heavy atom. The van der Waals surface area contributed by atoms with E-state index in [-0.39, 0.29) is 5.75 Å². The van der Waals surface area contributed by atoms with Crippen molar-refractivity contribution in [1.29, 1.82) is 0 Å². The zero-order valence-electron chi connectivity index (χ0n) is 9.81. The molecule has 0 saturated carbocycles. The van der Waals surface area contributed by atoms with E-state index in [4.69, 9.17) is 0 Å². The first-order valence-corrected chi connectivity index (χ1v) is 5.30. The Morgan fingerprint density at radius 1 is 1.25 bits per heavy atom. The van der Waals surface area contributed by atoms with Crippen LogP contribution in [-0.2, 0) is 6.54 Å². The third-order valence-electron chi connectivity index (χ3n) is 2.31. The summed E-state index contributed by atoms with van der Waals surface area (Å²) in [7, 11) is 0. The highest BCUT2D eigenvalue weighted by Crippen LogP contribution is 2.26. The van der Waals surface area contributed by atoms with Crippen molar-refractivity contribution < 1.29 is 13.5 Å². The first-order valence-electron chi connectivity index (χ1n) is 5.30. The molecule has 0 fully saturated rings. The van der Waals surface area contributed by atoms with Gasteiger partial charge in [-0.1, -0.05) is 19.1 Å². The van der Waals surface area contributed by atoms with Crippen molar-refractivity contribution in [3.63, 3.8) is 0 Å². The van der Waals surface area contributed by atoms with E-state index in [1.54, 1.807) is 13.8 Å². The molecule has 0 atom stereocenters. The third-order valence-corrected chi connectivity index (χ3v) is 2.31. The summed E-state index contributed by atoms with van der Waals surface area (Å²) >= 11 is 0. The highest BCUT2D eigenvalue weighted by Gasteiger charge is 2.11. The van der Waals surface area contributed by atoms with Gasteiger partial charge in [0, 0.05) is 6.54 Å². The predicted octanol–water partition coefficient (Wildman–Crippen LogP) is 3.01. The first-order chi connectivity index (χ1) is 7.54. The molecule has 0 spiro atoms. The highest BCUT2D eigenvalue weighted by atomic mass is 19.3. The average molecular weight is 229 g/mol. The number of hydrogen-bond donors (Lipinski definition) is 1. The Balaban J connectivity index is 2.89. The van der Waals surface area contributed by atoms with Crippen molar-refractivity contribution in [2.24, 2.45) is 0 Å². The molecule has 0 aliphatic rings. The summed E-state index contributed by atoms with van der Waals surface area (Å²) in [6, 6.07) is 3.74. The van der Waals surface area contributed by atoms with Crippen molar-refractivity contribution in [2.45, 2.75) is 33.9 Å². The standard InChI is InChI=1S/C12H17F2NO/c1-4-15-7-10-5-8(2)11(9(3)6-10)16-12(13)14/h5-6,12,15H,4,7H2,1-3H3. The molecule has 0 aromatic heterocycles. The molecule has 1 N–H and O–H groups in total. The van der Waals surface area contributed by atoms with Gasteiger partial charge in [-0.05, 0) is 37.1 Å². The van der Waals surface area contributed by atoms with Crippen LogP contribution in [0.4, 0.5) is 8.78 Å². The van der Waals surface area contributed by atoms with E-state index >= 15 is 0 Å². The van der Waals surface area contributed by atoms with Crippen LogP contribution in [0.2, 0.25) is 0 Å². The summed E-state index contributed by atoms with van der Waals surface area (Å²) in [4.78, 5) is 0. The van der Waals surface area contributed by atoms with Gasteiger partial charge in [0.1, 0.15) is 5.75 Å². The van der Waals surface area contributed by atoms with Gasteiger partial charge in [-0.15, -0.1) is 0 Å². The number of halogens is 2. The zero-order chi connectivity index (χ0) is 12.1. The van der Waals surface area contributed by atoms with Gasteiger partial charge >= 0.3 is 6.61 Å².